The first-order valence-corrected chi connectivity index (χ1v) is 16.2. The Hall–Kier alpha value is -0.553. The molecule has 0 unspecified atom stereocenters. The van der Waals surface area contributed by atoms with Crippen LogP contribution < -0.4 is 0 Å². The van der Waals surface area contributed by atoms with E-state index >= 15 is 0 Å². The number of benzene rings is 1. The highest BCUT2D eigenvalue weighted by atomic mass is 35.5. The summed E-state index contributed by atoms with van der Waals surface area (Å²) in [5.74, 6) is -0.803. The van der Waals surface area contributed by atoms with Gasteiger partial charge in [0.15, 0.2) is 0 Å². The van der Waals surface area contributed by atoms with Gasteiger partial charge < -0.3 is 0 Å². The average molecular weight is 505 g/mol. The lowest BCUT2D eigenvalue weighted by Gasteiger charge is -2.30. The minimum atomic E-state index is -4.03. The van der Waals surface area contributed by atoms with Gasteiger partial charge >= 0.3 is 5.38 Å². The Labute approximate surface area is 204 Å². The van der Waals surface area contributed by atoms with Crippen molar-refractivity contribution < 1.29 is 17.6 Å². The molecule has 1 aliphatic carbocycles. The van der Waals surface area contributed by atoms with Gasteiger partial charge in [0.2, 0.25) is 0 Å². The van der Waals surface area contributed by atoms with Crippen LogP contribution in [0.2, 0.25) is 18.1 Å². The van der Waals surface area contributed by atoms with Crippen molar-refractivity contribution in [3.05, 3.63) is 34.9 Å². The lowest BCUT2D eigenvalue weighted by Crippen LogP contribution is -2.21. The zero-order valence-electron chi connectivity index (χ0n) is 20.2. The molecule has 0 aromatic heterocycles. The Morgan fingerprint density at radius 3 is 1.91 bits per heavy atom. The van der Waals surface area contributed by atoms with Gasteiger partial charge in [-0.15, -0.1) is 0 Å². The van der Waals surface area contributed by atoms with Crippen LogP contribution in [0.15, 0.2) is 12.1 Å². The summed E-state index contributed by atoms with van der Waals surface area (Å²) in [5.41, 5.74) is -0.851. The molecule has 0 N–H and O–H groups in total. The molecule has 0 bridgehead atoms. The molecule has 33 heavy (non-hydrogen) atoms. The normalized spacial score (nSPS) is 26.5. The van der Waals surface area contributed by atoms with E-state index in [1.54, 1.807) is 18.1 Å². The maximum atomic E-state index is 14.1. The number of hydrogen-bond donors (Lipinski definition) is 0. The zero-order valence-corrected chi connectivity index (χ0v) is 22.1. The fourth-order valence-electron chi connectivity index (χ4n) is 6.24. The lowest BCUT2D eigenvalue weighted by atomic mass is 9.76. The summed E-state index contributed by atoms with van der Waals surface area (Å²) in [7, 11) is -0.401. The molecule has 2 fully saturated rings. The number of alkyl halides is 3. The van der Waals surface area contributed by atoms with Gasteiger partial charge in [-0.1, -0.05) is 82.8 Å². The Bertz CT molecular complexity index is 696. The first-order chi connectivity index (χ1) is 15.8. The van der Waals surface area contributed by atoms with Crippen LogP contribution in [0.4, 0.5) is 17.6 Å². The summed E-state index contributed by atoms with van der Waals surface area (Å²) >= 11 is 4.85. The molecule has 0 radical (unpaired) electrons. The standard InChI is InChI=1S/C27H41ClF4Si/c1-2-3-6-15-33-16-13-21(14-17-33)8-5-4-7-20-9-11-22(12-10-20)23-18-24(29)26(25(30)19-23)27(28,31)32/h18-22,33H,2-17H2,1H3. The van der Waals surface area contributed by atoms with E-state index in [0.717, 1.165) is 43.7 Å². The predicted molar refractivity (Wildman–Crippen MR) is 133 cm³/mol. The van der Waals surface area contributed by atoms with E-state index in [-0.39, 0.29) is 5.92 Å². The van der Waals surface area contributed by atoms with Crippen LogP contribution in [-0.2, 0) is 5.38 Å². The minimum Gasteiger partial charge on any atom is -0.206 e. The fourth-order valence-corrected chi connectivity index (χ4v) is 10.0. The minimum absolute atomic E-state index is 0.0416. The van der Waals surface area contributed by atoms with Crippen LogP contribution in [-0.4, -0.2) is 8.80 Å². The van der Waals surface area contributed by atoms with Gasteiger partial charge in [-0.2, -0.15) is 8.78 Å². The molecule has 1 aromatic rings. The summed E-state index contributed by atoms with van der Waals surface area (Å²) in [6, 6.07) is 6.83. The lowest BCUT2D eigenvalue weighted by molar-refractivity contribution is 0.0857. The molecule has 1 saturated carbocycles. The smallest absolute Gasteiger partial charge is 0.206 e. The summed E-state index contributed by atoms with van der Waals surface area (Å²) in [5, 5.41) is -4.03. The molecule has 188 valence electrons. The second-order valence-electron chi connectivity index (χ2n) is 10.7. The van der Waals surface area contributed by atoms with Gasteiger partial charge in [-0.3, -0.25) is 0 Å². The molecule has 2 aliphatic rings. The second-order valence-corrected chi connectivity index (χ2v) is 14.7. The van der Waals surface area contributed by atoms with Crippen molar-refractivity contribution in [1.29, 1.82) is 0 Å². The van der Waals surface area contributed by atoms with Crippen LogP contribution in [0.5, 0.6) is 0 Å². The van der Waals surface area contributed by atoms with Gasteiger partial charge in [0.05, 0.1) is 0 Å². The number of halogens is 5. The van der Waals surface area contributed by atoms with Gasteiger partial charge in [-0.05, 0) is 72.7 Å². The third-order valence-electron chi connectivity index (χ3n) is 8.32. The van der Waals surface area contributed by atoms with E-state index in [2.05, 4.69) is 6.92 Å². The highest BCUT2D eigenvalue weighted by molar-refractivity contribution is 6.58. The first-order valence-electron chi connectivity index (χ1n) is 13.3. The summed E-state index contributed by atoms with van der Waals surface area (Å²) < 4.78 is 54.6. The summed E-state index contributed by atoms with van der Waals surface area (Å²) in [6.45, 7) is 2.29. The Morgan fingerprint density at radius 2 is 1.39 bits per heavy atom. The topological polar surface area (TPSA) is 0 Å². The van der Waals surface area contributed by atoms with Crippen LogP contribution in [0.25, 0.3) is 0 Å². The molecular weight excluding hydrogens is 464 g/mol. The van der Waals surface area contributed by atoms with Crippen molar-refractivity contribution in [3.8, 4) is 0 Å². The molecule has 0 spiro atoms. The van der Waals surface area contributed by atoms with Gasteiger partial charge in [-0.25, -0.2) is 8.78 Å². The van der Waals surface area contributed by atoms with E-state index in [1.807, 2.05) is 0 Å². The quantitative estimate of drug-likeness (QED) is 0.122. The molecule has 3 rings (SSSR count). The van der Waals surface area contributed by atoms with E-state index in [1.165, 1.54) is 57.8 Å². The van der Waals surface area contributed by atoms with E-state index in [0.29, 0.717) is 11.5 Å². The number of unbranched alkanes of at least 4 members (excludes halogenated alkanes) is 3. The number of rotatable bonds is 11. The fraction of sp³-hybridized carbons (Fsp3) is 0.778. The maximum Gasteiger partial charge on any atom is 0.353 e. The average Bonchev–Trinajstić information content (AvgIpc) is 2.77. The molecule has 1 aromatic carbocycles. The van der Waals surface area contributed by atoms with Crippen LogP contribution in [0, 0.1) is 23.5 Å². The van der Waals surface area contributed by atoms with Crippen molar-refractivity contribution in [2.24, 2.45) is 11.8 Å². The van der Waals surface area contributed by atoms with E-state index < -0.39 is 31.4 Å². The molecule has 0 nitrogen and oxygen atoms in total. The summed E-state index contributed by atoms with van der Waals surface area (Å²) in [4.78, 5) is 0. The third-order valence-corrected chi connectivity index (χ3v) is 12.0. The largest absolute Gasteiger partial charge is 0.353 e. The molecule has 6 heteroatoms. The maximum absolute atomic E-state index is 14.1. The van der Waals surface area contributed by atoms with Crippen molar-refractivity contribution in [2.75, 3.05) is 0 Å². The Kier molecular flexibility index (Phi) is 10.6. The molecule has 1 saturated heterocycles. The first kappa shape index (κ1) is 27.0. The van der Waals surface area contributed by atoms with E-state index in [4.69, 9.17) is 11.6 Å². The summed E-state index contributed by atoms with van der Waals surface area (Å²) in [6.07, 6.45) is 16.3. The van der Waals surface area contributed by atoms with Crippen LogP contribution in [0.3, 0.4) is 0 Å². The van der Waals surface area contributed by atoms with Crippen molar-refractivity contribution >= 4 is 20.4 Å². The van der Waals surface area contributed by atoms with Gasteiger partial charge in [0.1, 0.15) is 17.2 Å². The predicted octanol–water partition coefficient (Wildman–Crippen LogP) is 9.91. The SMILES string of the molecule is CCCCC[SiH]1CCC(CCCCC2CCC(c3cc(F)c(C(F)(F)Cl)c(F)c3)CC2)CC1. The second kappa shape index (κ2) is 12.9. The molecule has 1 heterocycles. The molecular formula is C27H41ClF4Si. The van der Waals surface area contributed by atoms with Crippen molar-refractivity contribution in [1.82, 2.24) is 0 Å². The van der Waals surface area contributed by atoms with Gasteiger partial charge in [0, 0.05) is 8.80 Å². The van der Waals surface area contributed by atoms with Crippen molar-refractivity contribution in [3.63, 3.8) is 0 Å². The highest BCUT2D eigenvalue weighted by Crippen LogP contribution is 2.41. The van der Waals surface area contributed by atoms with Gasteiger partial charge in [0.25, 0.3) is 0 Å². The van der Waals surface area contributed by atoms with E-state index in [9.17, 15) is 17.6 Å². The third kappa shape index (κ3) is 8.26. The zero-order chi connectivity index (χ0) is 23.8. The van der Waals surface area contributed by atoms with Crippen LogP contribution in [0.1, 0.15) is 107 Å². The monoisotopic (exact) mass is 504 g/mol. The van der Waals surface area contributed by atoms with Crippen molar-refractivity contribution in [2.45, 2.75) is 120 Å². The Morgan fingerprint density at radius 1 is 0.848 bits per heavy atom. The molecule has 0 amide bonds. The molecule has 1 aliphatic heterocycles. The highest BCUT2D eigenvalue weighted by Gasteiger charge is 2.36. The Balaban J connectivity index is 1.32. The van der Waals surface area contributed by atoms with Crippen LogP contribution >= 0.6 is 11.6 Å². The molecule has 0 atom stereocenters. The number of hydrogen-bond acceptors (Lipinski definition) is 0.